The second kappa shape index (κ2) is 7.68. The van der Waals surface area contributed by atoms with Gasteiger partial charge in [-0.05, 0) is 47.7 Å². The van der Waals surface area contributed by atoms with Crippen molar-refractivity contribution in [3.05, 3.63) is 69.9 Å². The molecule has 2 N–H and O–H groups in total. The van der Waals surface area contributed by atoms with Crippen LogP contribution in [-0.4, -0.2) is 35.3 Å². The lowest BCUT2D eigenvalue weighted by Gasteiger charge is -2.35. The van der Waals surface area contributed by atoms with E-state index in [1.807, 2.05) is 49.4 Å². The first kappa shape index (κ1) is 18.6. The third kappa shape index (κ3) is 3.27. The third-order valence-corrected chi connectivity index (χ3v) is 5.41. The smallest absolute Gasteiger partial charge is 0.410 e. The van der Waals surface area contributed by atoms with Crippen molar-refractivity contribution in [2.45, 2.75) is 25.8 Å². The fourth-order valence-electron chi connectivity index (χ4n) is 3.85. The van der Waals surface area contributed by atoms with Crippen molar-refractivity contribution in [1.82, 2.24) is 9.88 Å². The van der Waals surface area contributed by atoms with Crippen molar-refractivity contribution in [3.63, 3.8) is 0 Å². The molecule has 1 atom stereocenters. The number of rotatable bonds is 4. The molecule has 2 aromatic carbocycles. The molecule has 6 heteroatoms. The monoisotopic (exact) mass is 395 g/mol. The summed E-state index contributed by atoms with van der Waals surface area (Å²) in [7, 11) is 0. The minimum absolute atomic E-state index is 0.265. The maximum Gasteiger partial charge on any atom is 0.410 e. The van der Waals surface area contributed by atoms with Crippen LogP contribution in [-0.2, 0) is 11.2 Å². The number of nitrogens with one attached hydrogen (secondary N) is 2. The van der Waals surface area contributed by atoms with E-state index in [4.69, 9.17) is 21.7 Å². The highest BCUT2D eigenvalue weighted by Crippen LogP contribution is 2.39. The summed E-state index contributed by atoms with van der Waals surface area (Å²) < 4.78 is 5.45. The molecule has 28 heavy (non-hydrogen) atoms. The fraction of sp³-hybridized carbons (Fsp3) is 0.273. The van der Waals surface area contributed by atoms with Gasteiger partial charge >= 0.3 is 6.09 Å². The summed E-state index contributed by atoms with van der Waals surface area (Å²) >= 11 is 6.22. The van der Waals surface area contributed by atoms with E-state index < -0.39 is 0 Å². The number of carbonyl (C=O) groups is 1. The molecule has 0 bridgehead atoms. The fourth-order valence-corrected chi connectivity index (χ4v) is 4.02. The van der Waals surface area contributed by atoms with Crippen LogP contribution < -0.4 is 0 Å². The van der Waals surface area contributed by atoms with Crippen LogP contribution in [0.1, 0.15) is 41.8 Å². The van der Waals surface area contributed by atoms with E-state index in [0.29, 0.717) is 18.2 Å². The van der Waals surface area contributed by atoms with E-state index in [1.54, 1.807) is 4.90 Å². The van der Waals surface area contributed by atoms with Gasteiger partial charge in [-0.2, -0.15) is 0 Å². The number of hydrogen-bond donors (Lipinski definition) is 2. The molecule has 0 saturated heterocycles. The summed E-state index contributed by atoms with van der Waals surface area (Å²) in [5.41, 5.74) is 5.01. The van der Waals surface area contributed by atoms with Crippen LogP contribution in [0.15, 0.2) is 42.5 Å². The van der Waals surface area contributed by atoms with Gasteiger partial charge in [-0.25, -0.2) is 4.79 Å². The molecule has 1 aromatic heterocycles. The van der Waals surface area contributed by atoms with Crippen molar-refractivity contribution in [1.29, 1.82) is 5.41 Å². The van der Waals surface area contributed by atoms with E-state index in [9.17, 15) is 4.79 Å². The highest BCUT2D eigenvalue weighted by atomic mass is 35.5. The van der Waals surface area contributed by atoms with Crippen molar-refractivity contribution >= 4 is 34.8 Å². The molecule has 1 aliphatic rings. The first-order valence-electron chi connectivity index (χ1n) is 9.46. The summed E-state index contributed by atoms with van der Waals surface area (Å²) in [6.07, 6.45) is 2.54. The van der Waals surface area contributed by atoms with Crippen LogP contribution in [0.2, 0.25) is 5.02 Å². The Kier molecular flexibility index (Phi) is 5.09. The first-order chi connectivity index (χ1) is 13.6. The summed E-state index contributed by atoms with van der Waals surface area (Å²) in [6, 6.07) is 13.3. The van der Waals surface area contributed by atoms with E-state index in [-0.39, 0.29) is 12.1 Å². The topological polar surface area (TPSA) is 69.2 Å². The molecule has 0 spiro atoms. The standard InChI is InChI=1S/C22H22ClN3O2/c1-2-11-28-22(27)26-10-9-17-18-12-16(23)7-8-19(18)25-20(17)21(26)15-5-3-14(13-24)4-6-15/h3-8,12-13,21,24-25H,2,9-11H2,1H3. The number of amides is 1. The maximum atomic E-state index is 12.8. The van der Waals surface area contributed by atoms with Crippen molar-refractivity contribution in [2.75, 3.05) is 13.2 Å². The first-order valence-corrected chi connectivity index (χ1v) is 9.84. The molecule has 1 amide bonds. The minimum atomic E-state index is -0.301. The zero-order valence-corrected chi connectivity index (χ0v) is 16.4. The lowest BCUT2D eigenvalue weighted by molar-refractivity contribution is 0.0889. The van der Waals surface area contributed by atoms with Gasteiger partial charge in [-0.15, -0.1) is 0 Å². The molecule has 144 valence electrons. The van der Waals surface area contributed by atoms with E-state index >= 15 is 0 Å². The van der Waals surface area contributed by atoms with Crippen LogP contribution in [0.4, 0.5) is 4.79 Å². The van der Waals surface area contributed by atoms with Crippen LogP contribution in [0.3, 0.4) is 0 Å². The zero-order valence-electron chi connectivity index (χ0n) is 15.7. The van der Waals surface area contributed by atoms with Gasteiger partial charge < -0.3 is 15.1 Å². The largest absolute Gasteiger partial charge is 0.449 e. The Labute approximate surface area is 168 Å². The lowest BCUT2D eigenvalue weighted by Crippen LogP contribution is -2.41. The average Bonchev–Trinajstić information content (AvgIpc) is 3.09. The molecule has 0 radical (unpaired) electrons. The van der Waals surface area contributed by atoms with Gasteiger partial charge in [0.2, 0.25) is 0 Å². The molecular formula is C22H22ClN3O2. The number of carbonyl (C=O) groups excluding carboxylic acids is 1. The molecular weight excluding hydrogens is 374 g/mol. The predicted molar refractivity (Wildman–Crippen MR) is 112 cm³/mol. The van der Waals surface area contributed by atoms with E-state index in [0.717, 1.165) is 40.6 Å². The second-order valence-electron chi connectivity index (χ2n) is 6.98. The Morgan fingerprint density at radius 1 is 1.32 bits per heavy atom. The molecule has 0 fully saturated rings. The average molecular weight is 396 g/mol. The Morgan fingerprint density at radius 2 is 2.11 bits per heavy atom. The Bertz CT molecular complexity index is 1030. The van der Waals surface area contributed by atoms with Crippen molar-refractivity contribution < 1.29 is 9.53 Å². The van der Waals surface area contributed by atoms with Gasteiger partial charge in [0.1, 0.15) is 6.04 Å². The molecule has 1 aliphatic heterocycles. The quantitative estimate of drug-likeness (QED) is 0.587. The summed E-state index contributed by atoms with van der Waals surface area (Å²) in [6.45, 7) is 2.96. The highest BCUT2D eigenvalue weighted by Gasteiger charge is 2.35. The van der Waals surface area contributed by atoms with Gasteiger partial charge in [0.15, 0.2) is 0 Å². The number of fused-ring (bicyclic) bond motifs is 3. The number of nitrogens with zero attached hydrogens (tertiary/aromatic N) is 1. The number of hydrogen-bond acceptors (Lipinski definition) is 3. The van der Waals surface area contributed by atoms with Crippen LogP contribution >= 0.6 is 11.6 Å². The molecule has 4 rings (SSSR count). The predicted octanol–water partition coefficient (Wildman–Crippen LogP) is 5.31. The Balaban J connectivity index is 1.83. The minimum Gasteiger partial charge on any atom is -0.449 e. The van der Waals surface area contributed by atoms with Crippen LogP contribution in [0, 0.1) is 5.41 Å². The second-order valence-corrected chi connectivity index (χ2v) is 7.41. The SMILES string of the molecule is CCCOC(=O)N1CCc2c([nH]c3ccc(Cl)cc23)C1c1ccc(C=N)cc1. The molecule has 0 saturated carbocycles. The number of aromatic nitrogens is 1. The zero-order chi connectivity index (χ0) is 19.7. The van der Waals surface area contributed by atoms with E-state index in [1.165, 1.54) is 11.8 Å². The Morgan fingerprint density at radius 3 is 2.82 bits per heavy atom. The normalized spacial score (nSPS) is 16.1. The van der Waals surface area contributed by atoms with Gasteiger partial charge in [0.05, 0.1) is 6.61 Å². The number of H-pyrrole nitrogens is 1. The van der Waals surface area contributed by atoms with Gasteiger partial charge in [-0.3, -0.25) is 4.90 Å². The molecule has 1 unspecified atom stereocenters. The highest BCUT2D eigenvalue weighted by molar-refractivity contribution is 6.31. The molecule has 5 nitrogen and oxygen atoms in total. The number of ether oxygens (including phenoxy) is 1. The van der Waals surface area contributed by atoms with Gasteiger partial charge in [-0.1, -0.05) is 42.8 Å². The van der Waals surface area contributed by atoms with Crippen molar-refractivity contribution in [2.24, 2.45) is 0 Å². The number of halogens is 1. The summed E-state index contributed by atoms with van der Waals surface area (Å²) in [5, 5.41) is 9.23. The third-order valence-electron chi connectivity index (χ3n) is 5.17. The lowest BCUT2D eigenvalue weighted by atomic mass is 9.92. The molecule has 0 aliphatic carbocycles. The molecule has 3 aromatic rings. The number of benzene rings is 2. The van der Waals surface area contributed by atoms with Gasteiger partial charge in [0, 0.05) is 34.4 Å². The summed E-state index contributed by atoms with van der Waals surface area (Å²) in [5.74, 6) is 0. The van der Waals surface area contributed by atoms with Gasteiger partial charge in [0.25, 0.3) is 0 Å². The Hall–Kier alpha value is -2.79. The van der Waals surface area contributed by atoms with E-state index in [2.05, 4.69) is 4.98 Å². The number of aromatic amines is 1. The van der Waals surface area contributed by atoms with Crippen LogP contribution in [0.5, 0.6) is 0 Å². The maximum absolute atomic E-state index is 12.8. The molecule has 2 heterocycles. The summed E-state index contributed by atoms with van der Waals surface area (Å²) in [4.78, 5) is 18.1. The van der Waals surface area contributed by atoms with Crippen LogP contribution in [0.25, 0.3) is 10.9 Å². The van der Waals surface area contributed by atoms with Crippen molar-refractivity contribution in [3.8, 4) is 0 Å².